The van der Waals surface area contributed by atoms with E-state index in [4.69, 9.17) is 5.73 Å². The lowest BCUT2D eigenvalue weighted by Gasteiger charge is -2.01. The summed E-state index contributed by atoms with van der Waals surface area (Å²) in [6.45, 7) is 7.75. The van der Waals surface area contributed by atoms with Crippen molar-refractivity contribution in [3.8, 4) is 0 Å². The largest absolute Gasteiger partial charge is 0.323 e. The molecule has 0 bridgehead atoms. The average Bonchev–Trinajstić information content (AvgIpc) is 2.59. The number of imidazole rings is 1. The Bertz CT molecular complexity index is 474. The smallest absolute Gasteiger partial charge is 0.139 e. The molecular weight excluding hydrogens is 205 g/mol. The molecule has 2 rings (SSSR count). The van der Waals surface area contributed by atoms with Crippen LogP contribution in [0.4, 0.5) is 4.39 Å². The number of halogens is 1. The summed E-state index contributed by atoms with van der Waals surface area (Å²) in [5.74, 6) is -0.269. The fourth-order valence-corrected chi connectivity index (χ4v) is 1.59. The van der Waals surface area contributed by atoms with Gasteiger partial charge in [0.05, 0.1) is 5.69 Å². The third-order valence-electron chi connectivity index (χ3n) is 2.29. The van der Waals surface area contributed by atoms with E-state index in [2.05, 4.69) is 4.98 Å². The molecule has 0 aliphatic carbocycles. The Labute approximate surface area is 95.1 Å². The molecule has 2 N–H and O–H groups in total. The molecular formula is C12H18FN3. The molecule has 1 atom stereocenters. The molecule has 0 aliphatic heterocycles. The van der Waals surface area contributed by atoms with Crippen LogP contribution in [0.15, 0.2) is 18.3 Å². The van der Waals surface area contributed by atoms with Crippen LogP contribution in [0.3, 0.4) is 0 Å². The second-order valence-electron chi connectivity index (χ2n) is 3.45. The Kier molecular flexibility index (Phi) is 4.01. The van der Waals surface area contributed by atoms with Gasteiger partial charge in [0.25, 0.3) is 0 Å². The van der Waals surface area contributed by atoms with Crippen molar-refractivity contribution in [2.24, 2.45) is 5.73 Å². The molecule has 2 heterocycles. The first-order chi connectivity index (χ1) is 7.59. The van der Waals surface area contributed by atoms with Gasteiger partial charge in [-0.3, -0.25) is 0 Å². The van der Waals surface area contributed by atoms with Gasteiger partial charge in [-0.25, -0.2) is 9.37 Å². The van der Waals surface area contributed by atoms with Gasteiger partial charge in [0, 0.05) is 17.9 Å². The number of rotatable bonds is 1. The summed E-state index contributed by atoms with van der Waals surface area (Å²) >= 11 is 0. The van der Waals surface area contributed by atoms with E-state index >= 15 is 0 Å². The lowest BCUT2D eigenvalue weighted by Crippen LogP contribution is -2.07. The third kappa shape index (κ3) is 2.22. The van der Waals surface area contributed by atoms with Crippen LogP contribution in [0.1, 0.15) is 38.2 Å². The molecule has 3 nitrogen and oxygen atoms in total. The fraction of sp³-hybridized carbons (Fsp3) is 0.417. The van der Waals surface area contributed by atoms with Gasteiger partial charge < -0.3 is 10.1 Å². The lowest BCUT2D eigenvalue weighted by molar-refractivity contribution is 0.618. The Morgan fingerprint density at radius 1 is 1.38 bits per heavy atom. The Morgan fingerprint density at radius 3 is 2.56 bits per heavy atom. The quantitative estimate of drug-likeness (QED) is 0.807. The van der Waals surface area contributed by atoms with Crippen LogP contribution in [0.25, 0.3) is 5.65 Å². The van der Waals surface area contributed by atoms with Crippen LogP contribution in [0.2, 0.25) is 0 Å². The highest BCUT2D eigenvalue weighted by molar-refractivity contribution is 5.43. The highest BCUT2D eigenvalue weighted by atomic mass is 19.1. The number of pyridine rings is 1. The normalized spacial score (nSPS) is 12.1. The van der Waals surface area contributed by atoms with Gasteiger partial charge in [-0.2, -0.15) is 0 Å². The molecule has 0 unspecified atom stereocenters. The van der Waals surface area contributed by atoms with Crippen molar-refractivity contribution in [3.63, 3.8) is 0 Å². The van der Waals surface area contributed by atoms with Crippen LogP contribution in [-0.4, -0.2) is 9.38 Å². The van der Waals surface area contributed by atoms with Gasteiger partial charge in [0.15, 0.2) is 0 Å². The van der Waals surface area contributed by atoms with Gasteiger partial charge >= 0.3 is 0 Å². The van der Waals surface area contributed by atoms with E-state index in [-0.39, 0.29) is 11.9 Å². The molecule has 0 aromatic carbocycles. The first kappa shape index (κ1) is 12.6. The van der Waals surface area contributed by atoms with Crippen molar-refractivity contribution < 1.29 is 4.39 Å². The number of aromatic nitrogens is 2. The minimum absolute atomic E-state index is 0.127. The zero-order valence-corrected chi connectivity index (χ0v) is 10.2. The zero-order chi connectivity index (χ0) is 12.3. The van der Waals surface area contributed by atoms with E-state index in [1.165, 1.54) is 12.3 Å². The maximum Gasteiger partial charge on any atom is 0.139 e. The molecule has 0 aliphatic rings. The second kappa shape index (κ2) is 5.07. The average molecular weight is 223 g/mol. The van der Waals surface area contributed by atoms with Crippen LogP contribution in [0, 0.1) is 12.7 Å². The Morgan fingerprint density at radius 2 is 2.00 bits per heavy atom. The predicted octanol–water partition coefficient (Wildman–Crippen LogP) is 2.83. The van der Waals surface area contributed by atoms with Crippen LogP contribution >= 0.6 is 0 Å². The molecule has 16 heavy (non-hydrogen) atoms. The molecule has 88 valence electrons. The molecule has 0 fully saturated rings. The Balaban J connectivity index is 0.000000606. The zero-order valence-electron chi connectivity index (χ0n) is 10.2. The highest BCUT2D eigenvalue weighted by Gasteiger charge is 2.11. The van der Waals surface area contributed by atoms with E-state index in [9.17, 15) is 4.39 Å². The first-order valence-electron chi connectivity index (χ1n) is 5.49. The lowest BCUT2D eigenvalue weighted by atomic mass is 10.2. The second-order valence-corrected chi connectivity index (χ2v) is 3.45. The monoisotopic (exact) mass is 223 g/mol. The summed E-state index contributed by atoms with van der Waals surface area (Å²) in [5, 5.41) is 0. The van der Waals surface area contributed by atoms with Crippen LogP contribution in [-0.2, 0) is 0 Å². The predicted molar refractivity (Wildman–Crippen MR) is 63.8 cm³/mol. The maximum atomic E-state index is 12.9. The van der Waals surface area contributed by atoms with Crippen LogP contribution in [0.5, 0.6) is 0 Å². The van der Waals surface area contributed by atoms with Gasteiger partial charge in [0.2, 0.25) is 0 Å². The molecule has 2 aromatic heterocycles. The molecule has 0 saturated carbocycles. The number of aryl methyl sites for hydroxylation is 1. The topological polar surface area (TPSA) is 43.3 Å². The van der Waals surface area contributed by atoms with Crippen molar-refractivity contribution in [2.75, 3.05) is 0 Å². The minimum Gasteiger partial charge on any atom is -0.323 e. The molecule has 0 amide bonds. The van der Waals surface area contributed by atoms with Gasteiger partial charge in [-0.05, 0) is 26.0 Å². The van der Waals surface area contributed by atoms with Gasteiger partial charge in [-0.1, -0.05) is 13.8 Å². The minimum atomic E-state index is -0.269. The van der Waals surface area contributed by atoms with Crippen molar-refractivity contribution >= 4 is 5.65 Å². The van der Waals surface area contributed by atoms with E-state index in [1.807, 2.05) is 27.7 Å². The van der Waals surface area contributed by atoms with Crippen molar-refractivity contribution in [2.45, 2.75) is 33.7 Å². The maximum absolute atomic E-state index is 12.9. The van der Waals surface area contributed by atoms with E-state index in [0.29, 0.717) is 0 Å². The van der Waals surface area contributed by atoms with E-state index < -0.39 is 0 Å². The summed E-state index contributed by atoms with van der Waals surface area (Å²) in [7, 11) is 0. The summed E-state index contributed by atoms with van der Waals surface area (Å²) < 4.78 is 14.7. The number of hydrogen-bond acceptors (Lipinski definition) is 2. The Hall–Kier alpha value is -1.42. The summed E-state index contributed by atoms with van der Waals surface area (Å²) in [5.41, 5.74) is 8.19. The molecule has 4 heteroatoms. The van der Waals surface area contributed by atoms with Gasteiger partial charge in [-0.15, -0.1) is 0 Å². The first-order valence-corrected chi connectivity index (χ1v) is 5.49. The molecule has 0 saturated heterocycles. The van der Waals surface area contributed by atoms with Gasteiger partial charge in [0.1, 0.15) is 11.5 Å². The summed E-state index contributed by atoms with van der Waals surface area (Å²) in [4.78, 5) is 4.32. The summed E-state index contributed by atoms with van der Waals surface area (Å²) in [6, 6.07) is 2.92. The number of nitrogens with two attached hydrogens (primary N) is 1. The molecule has 2 aromatic rings. The molecule has 0 radical (unpaired) electrons. The number of hydrogen-bond donors (Lipinski definition) is 1. The fourth-order valence-electron chi connectivity index (χ4n) is 1.59. The number of fused-ring (bicyclic) bond motifs is 1. The SMILES string of the molecule is CC.Cc1c([C@H](C)N)nc2ccc(F)cn12. The summed E-state index contributed by atoms with van der Waals surface area (Å²) in [6.07, 6.45) is 1.42. The van der Waals surface area contributed by atoms with E-state index in [0.717, 1.165) is 17.0 Å². The third-order valence-corrected chi connectivity index (χ3v) is 2.29. The molecule has 0 spiro atoms. The van der Waals surface area contributed by atoms with Crippen molar-refractivity contribution in [1.82, 2.24) is 9.38 Å². The van der Waals surface area contributed by atoms with Crippen molar-refractivity contribution in [3.05, 3.63) is 35.5 Å². The van der Waals surface area contributed by atoms with Crippen LogP contribution < -0.4 is 5.73 Å². The standard InChI is InChI=1S/C10H12FN3.C2H6/c1-6(12)10-7(2)14-5-8(11)3-4-9(14)13-10;1-2/h3-6H,12H2,1-2H3;1-2H3/t6-;/m0./s1. The highest BCUT2D eigenvalue weighted by Crippen LogP contribution is 2.17. The number of nitrogens with zero attached hydrogens (tertiary/aromatic N) is 2. The van der Waals surface area contributed by atoms with Crippen molar-refractivity contribution in [1.29, 1.82) is 0 Å². The van der Waals surface area contributed by atoms with E-state index in [1.54, 1.807) is 10.5 Å².